The highest BCUT2D eigenvalue weighted by molar-refractivity contribution is 5.60. The van der Waals surface area contributed by atoms with E-state index >= 15 is 0 Å². The minimum atomic E-state index is -0.689. The molecule has 0 amide bonds. The largest absolute Gasteiger partial charge is 0.376 e. The second-order valence-corrected chi connectivity index (χ2v) is 6.92. The molecule has 0 radical (unpaired) electrons. The summed E-state index contributed by atoms with van der Waals surface area (Å²) in [6, 6.07) is 14.6. The fourth-order valence-electron chi connectivity index (χ4n) is 3.65. The van der Waals surface area contributed by atoms with Crippen molar-refractivity contribution in [3.8, 4) is 0 Å². The second kappa shape index (κ2) is 7.77. The standard InChI is InChI=1S/C20H21N5O3/c26-20-18(25(27)28)19(22-17-10-4-5-13-24(17)20)21-16(14-23-11-6-7-12-23)15-8-2-1-3-9-15/h1-5,8-10,13,16,21H,6-7,11-12,14H2. The van der Waals surface area contributed by atoms with E-state index in [-0.39, 0.29) is 11.9 Å². The molecule has 1 unspecified atom stereocenters. The molecule has 8 heteroatoms. The number of hydrogen-bond acceptors (Lipinski definition) is 6. The van der Waals surface area contributed by atoms with E-state index in [0.29, 0.717) is 12.2 Å². The average Bonchev–Trinajstić information content (AvgIpc) is 3.21. The first-order chi connectivity index (χ1) is 13.6. The molecule has 3 aromatic rings. The van der Waals surface area contributed by atoms with Gasteiger partial charge in [-0.05, 0) is 43.6 Å². The number of nitro groups is 1. The first-order valence-electron chi connectivity index (χ1n) is 9.33. The number of fused-ring (bicyclic) bond motifs is 1. The molecule has 1 N–H and O–H groups in total. The summed E-state index contributed by atoms with van der Waals surface area (Å²) in [7, 11) is 0. The van der Waals surface area contributed by atoms with Gasteiger partial charge in [0.15, 0.2) is 0 Å². The van der Waals surface area contributed by atoms with Gasteiger partial charge >= 0.3 is 11.2 Å². The Kier molecular flexibility index (Phi) is 5.03. The lowest BCUT2D eigenvalue weighted by Crippen LogP contribution is -2.31. The number of nitrogens with one attached hydrogen (secondary N) is 1. The first kappa shape index (κ1) is 18.1. The number of likely N-dealkylation sites (tertiary alicyclic amines) is 1. The lowest BCUT2D eigenvalue weighted by Gasteiger charge is -2.25. The molecule has 2 aromatic heterocycles. The van der Waals surface area contributed by atoms with E-state index in [1.807, 2.05) is 30.3 Å². The van der Waals surface area contributed by atoms with Gasteiger partial charge in [-0.3, -0.25) is 19.3 Å². The van der Waals surface area contributed by atoms with Crippen molar-refractivity contribution in [3.05, 3.63) is 80.8 Å². The molecule has 144 valence electrons. The summed E-state index contributed by atoms with van der Waals surface area (Å²) in [5, 5.41) is 14.8. The van der Waals surface area contributed by atoms with Crippen LogP contribution in [0.4, 0.5) is 11.5 Å². The topological polar surface area (TPSA) is 92.8 Å². The molecule has 0 saturated carbocycles. The maximum Gasteiger partial charge on any atom is 0.376 e. The Bertz CT molecular complexity index is 1040. The van der Waals surface area contributed by atoms with Crippen LogP contribution >= 0.6 is 0 Å². The lowest BCUT2D eigenvalue weighted by atomic mass is 10.1. The quantitative estimate of drug-likeness (QED) is 0.523. The first-order valence-corrected chi connectivity index (χ1v) is 9.33. The highest BCUT2D eigenvalue weighted by Crippen LogP contribution is 2.26. The van der Waals surface area contributed by atoms with E-state index in [1.54, 1.807) is 18.2 Å². The third kappa shape index (κ3) is 3.59. The number of benzene rings is 1. The number of anilines is 1. The molecular formula is C20H21N5O3. The smallest absolute Gasteiger partial charge is 0.356 e. The lowest BCUT2D eigenvalue weighted by molar-refractivity contribution is -0.385. The Hall–Kier alpha value is -3.26. The molecule has 0 aliphatic carbocycles. The van der Waals surface area contributed by atoms with E-state index in [0.717, 1.165) is 31.5 Å². The Labute approximate surface area is 161 Å². The van der Waals surface area contributed by atoms with Crippen molar-refractivity contribution in [2.45, 2.75) is 18.9 Å². The predicted molar refractivity (Wildman–Crippen MR) is 107 cm³/mol. The molecule has 0 bridgehead atoms. The molecule has 4 rings (SSSR count). The zero-order valence-electron chi connectivity index (χ0n) is 15.3. The van der Waals surface area contributed by atoms with Gasteiger partial charge in [-0.25, -0.2) is 4.98 Å². The zero-order chi connectivity index (χ0) is 19.5. The van der Waals surface area contributed by atoms with Gasteiger partial charge in [0.2, 0.25) is 5.82 Å². The fraction of sp³-hybridized carbons (Fsp3) is 0.300. The maximum atomic E-state index is 12.7. The normalized spacial score (nSPS) is 15.6. The van der Waals surface area contributed by atoms with Gasteiger partial charge in [0.1, 0.15) is 5.65 Å². The number of hydrogen-bond donors (Lipinski definition) is 1. The van der Waals surface area contributed by atoms with Crippen molar-refractivity contribution < 1.29 is 4.92 Å². The summed E-state index contributed by atoms with van der Waals surface area (Å²) in [4.78, 5) is 30.4. The minimum Gasteiger partial charge on any atom is -0.356 e. The summed E-state index contributed by atoms with van der Waals surface area (Å²) in [6.07, 6.45) is 3.79. The molecule has 1 saturated heterocycles. The van der Waals surface area contributed by atoms with Crippen LogP contribution in [0.5, 0.6) is 0 Å². The summed E-state index contributed by atoms with van der Waals surface area (Å²) in [6.45, 7) is 2.69. The summed E-state index contributed by atoms with van der Waals surface area (Å²) in [5.41, 5.74) is 0.143. The van der Waals surface area contributed by atoms with E-state index in [1.165, 1.54) is 10.6 Å². The van der Waals surface area contributed by atoms with Gasteiger partial charge in [-0.15, -0.1) is 0 Å². The molecular weight excluding hydrogens is 358 g/mol. The summed E-state index contributed by atoms with van der Waals surface area (Å²) in [5.74, 6) is 0.00856. The van der Waals surface area contributed by atoms with Gasteiger partial charge in [0.25, 0.3) is 0 Å². The van der Waals surface area contributed by atoms with Gasteiger partial charge < -0.3 is 10.2 Å². The monoisotopic (exact) mass is 379 g/mol. The van der Waals surface area contributed by atoms with Crippen LogP contribution in [0.3, 0.4) is 0 Å². The SMILES string of the molecule is O=c1c([N+](=O)[O-])c(NC(CN2CCCC2)c2ccccc2)nc2ccccn12. The van der Waals surface area contributed by atoms with Crippen LogP contribution in [0, 0.1) is 10.1 Å². The molecule has 1 aliphatic rings. The molecule has 1 aromatic carbocycles. The number of nitrogens with zero attached hydrogens (tertiary/aromatic N) is 4. The van der Waals surface area contributed by atoms with Crippen LogP contribution in [0.25, 0.3) is 5.65 Å². The van der Waals surface area contributed by atoms with Gasteiger partial charge in [0.05, 0.1) is 11.0 Å². The molecule has 1 atom stereocenters. The number of pyridine rings is 1. The summed E-state index contributed by atoms with van der Waals surface area (Å²) >= 11 is 0. The van der Waals surface area contributed by atoms with Gasteiger partial charge in [-0.2, -0.15) is 0 Å². The molecule has 3 heterocycles. The molecule has 8 nitrogen and oxygen atoms in total. The number of rotatable bonds is 6. The van der Waals surface area contributed by atoms with Crippen molar-refractivity contribution in [2.24, 2.45) is 0 Å². The van der Waals surface area contributed by atoms with Crippen molar-refractivity contribution in [1.29, 1.82) is 0 Å². The highest BCUT2D eigenvalue weighted by atomic mass is 16.6. The Morgan fingerprint density at radius 3 is 2.54 bits per heavy atom. The van der Waals surface area contributed by atoms with Crippen molar-refractivity contribution in [2.75, 3.05) is 25.0 Å². The van der Waals surface area contributed by atoms with Crippen molar-refractivity contribution >= 4 is 17.2 Å². The maximum absolute atomic E-state index is 12.7. The minimum absolute atomic E-state index is 0.00856. The van der Waals surface area contributed by atoms with Crippen LogP contribution < -0.4 is 10.9 Å². The van der Waals surface area contributed by atoms with Crippen molar-refractivity contribution in [3.63, 3.8) is 0 Å². The van der Waals surface area contributed by atoms with Crippen molar-refractivity contribution in [1.82, 2.24) is 14.3 Å². The third-order valence-electron chi connectivity index (χ3n) is 5.05. The Balaban J connectivity index is 1.77. The molecule has 28 heavy (non-hydrogen) atoms. The summed E-state index contributed by atoms with van der Waals surface area (Å²) < 4.78 is 1.20. The van der Waals surface area contributed by atoms with E-state index in [4.69, 9.17) is 0 Å². The average molecular weight is 379 g/mol. The fourth-order valence-corrected chi connectivity index (χ4v) is 3.65. The predicted octanol–water partition coefficient (Wildman–Crippen LogP) is 2.85. The molecule has 1 fully saturated rings. The second-order valence-electron chi connectivity index (χ2n) is 6.92. The Morgan fingerprint density at radius 2 is 1.82 bits per heavy atom. The van der Waals surface area contributed by atoms with Crippen LogP contribution in [-0.4, -0.2) is 38.8 Å². The molecule has 0 spiro atoms. The van der Waals surface area contributed by atoms with Gasteiger partial charge in [0, 0.05) is 12.7 Å². The van der Waals surface area contributed by atoms with Crippen LogP contribution in [0.15, 0.2) is 59.5 Å². The third-order valence-corrected chi connectivity index (χ3v) is 5.05. The molecule has 1 aliphatic heterocycles. The van der Waals surface area contributed by atoms with Crippen LogP contribution in [0.2, 0.25) is 0 Å². The van der Waals surface area contributed by atoms with E-state index < -0.39 is 16.2 Å². The highest BCUT2D eigenvalue weighted by Gasteiger charge is 2.27. The van der Waals surface area contributed by atoms with E-state index in [2.05, 4.69) is 15.2 Å². The van der Waals surface area contributed by atoms with Crippen LogP contribution in [-0.2, 0) is 0 Å². The number of aromatic nitrogens is 2. The zero-order valence-corrected chi connectivity index (χ0v) is 15.3. The van der Waals surface area contributed by atoms with Gasteiger partial charge in [-0.1, -0.05) is 36.4 Å². The van der Waals surface area contributed by atoms with Crippen LogP contribution in [0.1, 0.15) is 24.4 Å². The van der Waals surface area contributed by atoms with E-state index in [9.17, 15) is 14.9 Å². The Morgan fingerprint density at radius 1 is 1.11 bits per heavy atom.